The summed E-state index contributed by atoms with van der Waals surface area (Å²) >= 11 is 1.57. The van der Waals surface area contributed by atoms with Crippen LogP contribution in [-0.2, 0) is 0 Å². The molecule has 14 heavy (non-hydrogen) atoms. The van der Waals surface area contributed by atoms with Crippen LogP contribution in [0.1, 0.15) is 30.7 Å². The third-order valence-corrected chi connectivity index (χ3v) is 2.66. The van der Waals surface area contributed by atoms with E-state index in [9.17, 15) is 5.11 Å². The maximum Gasteiger partial charge on any atom is 0.109 e. The Morgan fingerprint density at radius 2 is 2.21 bits per heavy atom. The quantitative estimate of drug-likeness (QED) is 0.784. The van der Waals surface area contributed by atoms with Gasteiger partial charge in [0.15, 0.2) is 0 Å². The zero-order chi connectivity index (χ0) is 10.6. The van der Waals surface area contributed by atoms with Crippen molar-refractivity contribution in [3.05, 3.63) is 16.1 Å². The van der Waals surface area contributed by atoms with Crippen molar-refractivity contribution >= 4 is 11.3 Å². The lowest BCUT2D eigenvalue weighted by Crippen LogP contribution is -2.25. The van der Waals surface area contributed by atoms with E-state index >= 15 is 0 Å². The topological polar surface area (TPSA) is 45.2 Å². The summed E-state index contributed by atoms with van der Waals surface area (Å²) in [6.07, 6.45) is -0.473. The van der Waals surface area contributed by atoms with Gasteiger partial charge in [-0.05, 0) is 19.4 Å². The van der Waals surface area contributed by atoms with E-state index in [0.717, 1.165) is 17.2 Å². The fourth-order valence-electron chi connectivity index (χ4n) is 1.15. The van der Waals surface area contributed by atoms with E-state index in [1.54, 1.807) is 11.3 Å². The molecule has 0 saturated heterocycles. The van der Waals surface area contributed by atoms with Crippen molar-refractivity contribution in [2.75, 3.05) is 13.1 Å². The molecule has 0 aromatic carbocycles. The van der Waals surface area contributed by atoms with Crippen molar-refractivity contribution < 1.29 is 5.11 Å². The predicted molar refractivity (Wildman–Crippen MR) is 59.5 cm³/mol. The van der Waals surface area contributed by atoms with Crippen LogP contribution in [0.2, 0.25) is 0 Å². The predicted octanol–water partition coefficient (Wildman–Crippen LogP) is 1.73. The Hall–Kier alpha value is -0.450. The fourth-order valence-corrected chi connectivity index (χ4v) is 1.81. The highest BCUT2D eigenvalue weighted by Gasteiger charge is 2.10. The van der Waals surface area contributed by atoms with E-state index in [2.05, 4.69) is 24.1 Å². The number of nitrogens with one attached hydrogen (secondary N) is 1. The minimum atomic E-state index is -0.473. The highest BCUT2D eigenvalue weighted by atomic mass is 32.1. The standard InChI is InChI=1S/C10H18N2OS/c1-7(2)4-11-5-10(13)9-6-14-8(3)12-9/h6-7,10-11,13H,4-5H2,1-3H3. The van der Waals surface area contributed by atoms with E-state index in [1.807, 2.05) is 12.3 Å². The van der Waals surface area contributed by atoms with Crippen molar-refractivity contribution in [3.63, 3.8) is 0 Å². The van der Waals surface area contributed by atoms with Crippen LogP contribution in [-0.4, -0.2) is 23.2 Å². The average Bonchev–Trinajstić information content (AvgIpc) is 2.51. The normalized spacial score (nSPS) is 13.5. The summed E-state index contributed by atoms with van der Waals surface area (Å²) in [6, 6.07) is 0. The molecule has 2 N–H and O–H groups in total. The molecule has 0 spiro atoms. The van der Waals surface area contributed by atoms with Crippen LogP contribution in [0, 0.1) is 12.8 Å². The number of hydrogen-bond donors (Lipinski definition) is 2. The largest absolute Gasteiger partial charge is 0.385 e. The summed E-state index contributed by atoms with van der Waals surface area (Å²) in [5, 5.41) is 15.9. The number of aryl methyl sites for hydroxylation is 1. The van der Waals surface area contributed by atoms with E-state index in [0.29, 0.717) is 12.5 Å². The van der Waals surface area contributed by atoms with Crippen LogP contribution in [0.15, 0.2) is 5.38 Å². The van der Waals surface area contributed by atoms with Gasteiger partial charge in [0.2, 0.25) is 0 Å². The Bertz CT molecular complexity index is 273. The summed E-state index contributed by atoms with van der Waals surface area (Å²) < 4.78 is 0. The lowest BCUT2D eigenvalue weighted by molar-refractivity contribution is 0.169. The lowest BCUT2D eigenvalue weighted by atomic mass is 10.2. The molecule has 3 nitrogen and oxygen atoms in total. The van der Waals surface area contributed by atoms with E-state index in [4.69, 9.17) is 0 Å². The van der Waals surface area contributed by atoms with Crippen molar-refractivity contribution in [1.82, 2.24) is 10.3 Å². The minimum absolute atomic E-state index is 0.473. The molecule has 0 aliphatic rings. The highest BCUT2D eigenvalue weighted by Crippen LogP contribution is 2.15. The first-order chi connectivity index (χ1) is 6.59. The zero-order valence-electron chi connectivity index (χ0n) is 8.95. The molecule has 1 aromatic heterocycles. The first-order valence-corrected chi connectivity index (χ1v) is 5.78. The van der Waals surface area contributed by atoms with Gasteiger partial charge in [-0.2, -0.15) is 0 Å². The first kappa shape index (κ1) is 11.6. The number of aliphatic hydroxyl groups excluding tert-OH is 1. The van der Waals surface area contributed by atoms with Crippen molar-refractivity contribution in [3.8, 4) is 0 Å². The molecular weight excluding hydrogens is 196 g/mol. The van der Waals surface area contributed by atoms with Gasteiger partial charge in [-0.3, -0.25) is 0 Å². The molecule has 0 aliphatic heterocycles. The average molecular weight is 214 g/mol. The Balaban J connectivity index is 2.32. The first-order valence-electron chi connectivity index (χ1n) is 4.90. The molecule has 0 saturated carbocycles. The second-order valence-corrected chi connectivity index (χ2v) is 4.92. The molecule has 1 unspecified atom stereocenters. The molecule has 1 aromatic rings. The van der Waals surface area contributed by atoms with Crippen LogP contribution < -0.4 is 5.32 Å². The van der Waals surface area contributed by atoms with Gasteiger partial charge in [-0.15, -0.1) is 11.3 Å². The third-order valence-electron chi connectivity index (χ3n) is 1.87. The molecule has 0 aliphatic carbocycles. The minimum Gasteiger partial charge on any atom is -0.385 e. The second kappa shape index (κ2) is 5.44. The summed E-state index contributed by atoms with van der Waals surface area (Å²) in [5.74, 6) is 0.611. The van der Waals surface area contributed by atoms with Crippen LogP contribution in [0.3, 0.4) is 0 Å². The summed E-state index contributed by atoms with van der Waals surface area (Å²) in [7, 11) is 0. The Morgan fingerprint density at radius 3 is 2.71 bits per heavy atom. The molecule has 0 amide bonds. The van der Waals surface area contributed by atoms with Gasteiger partial charge in [0, 0.05) is 11.9 Å². The van der Waals surface area contributed by atoms with Crippen LogP contribution in [0.5, 0.6) is 0 Å². The van der Waals surface area contributed by atoms with Gasteiger partial charge in [-0.25, -0.2) is 4.98 Å². The van der Waals surface area contributed by atoms with Crippen molar-refractivity contribution in [2.24, 2.45) is 5.92 Å². The van der Waals surface area contributed by atoms with Gasteiger partial charge in [0.1, 0.15) is 6.10 Å². The smallest absolute Gasteiger partial charge is 0.109 e. The molecule has 0 radical (unpaired) electrons. The summed E-state index contributed by atoms with van der Waals surface area (Å²) in [5.41, 5.74) is 0.781. The molecule has 80 valence electrons. The number of thiazole rings is 1. The van der Waals surface area contributed by atoms with Crippen molar-refractivity contribution in [2.45, 2.75) is 26.9 Å². The van der Waals surface area contributed by atoms with Gasteiger partial charge in [0.05, 0.1) is 10.7 Å². The second-order valence-electron chi connectivity index (χ2n) is 3.86. The van der Waals surface area contributed by atoms with Crippen LogP contribution in [0.25, 0.3) is 0 Å². The van der Waals surface area contributed by atoms with Gasteiger partial charge >= 0.3 is 0 Å². The number of nitrogens with zero attached hydrogens (tertiary/aromatic N) is 1. The maximum absolute atomic E-state index is 9.73. The number of rotatable bonds is 5. The van der Waals surface area contributed by atoms with Gasteiger partial charge in [-0.1, -0.05) is 13.8 Å². The maximum atomic E-state index is 9.73. The molecule has 4 heteroatoms. The molecule has 0 bridgehead atoms. The molecule has 1 heterocycles. The fraction of sp³-hybridized carbons (Fsp3) is 0.700. The summed E-state index contributed by atoms with van der Waals surface area (Å²) in [6.45, 7) is 7.75. The number of aliphatic hydroxyl groups is 1. The molecule has 1 atom stereocenters. The lowest BCUT2D eigenvalue weighted by Gasteiger charge is -2.10. The third kappa shape index (κ3) is 3.74. The van der Waals surface area contributed by atoms with E-state index < -0.39 is 6.10 Å². The Kier molecular flexibility index (Phi) is 4.51. The van der Waals surface area contributed by atoms with Gasteiger partial charge in [0.25, 0.3) is 0 Å². The van der Waals surface area contributed by atoms with E-state index in [-0.39, 0.29) is 0 Å². The van der Waals surface area contributed by atoms with E-state index in [1.165, 1.54) is 0 Å². The zero-order valence-corrected chi connectivity index (χ0v) is 9.77. The Labute approximate surface area is 89.2 Å². The SMILES string of the molecule is Cc1nc(C(O)CNCC(C)C)cs1. The molecular formula is C10H18N2OS. The number of aromatic nitrogens is 1. The molecule has 1 rings (SSSR count). The molecule has 0 fully saturated rings. The monoisotopic (exact) mass is 214 g/mol. The highest BCUT2D eigenvalue weighted by molar-refractivity contribution is 7.09. The van der Waals surface area contributed by atoms with Crippen molar-refractivity contribution in [1.29, 1.82) is 0 Å². The van der Waals surface area contributed by atoms with Crippen LogP contribution >= 0.6 is 11.3 Å². The summed E-state index contributed by atoms with van der Waals surface area (Å²) in [4.78, 5) is 4.24. The van der Waals surface area contributed by atoms with Gasteiger partial charge < -0.3 is 10.4 Å². The van der Waals surface area contributed by atoms with Crippen LogP contribution in [0.4, 0.5) is 0 Å². The number of hydrogen-bond acceptors (Lipinski definition) is 4. The Morgan fingerprint density at radius 1 is 1.50 bits per heavy atom.